The molecule has 160 valence electrons. The van der Waals surface area contributed by atoms with E-state index in [-0.39, 0.29) is 17.1 Å². The highest BCUT2D eigenvalue weighted by Crippen LogP contribution is 2.34. The fourth-order valence-corrected chi connectivity index (χ4v) is 4.49. The highest BCUT2D eigenvalue weighted by molar-refractivity contribution is 8.01. The van der Waals surface area contributed by atoms with Crippen LogP contribution in [0.5, 0.6) is 17.2 Å². The molecular weight excluding hydrogens is 446 g/mol. The number of thiazole rings is 1. The van der Waals surface area contributed by atoms with Gasteiger partial charge in [0.05, 0.1) is 28.1 Å². The third-order valence-electron chi connectivity index (χ3n) is 3.67. The molecule has 0 N–H and O–H groups in total. The molecular formula is C19H15F4NO4S2. The fraction of sp³-hybridized carbons (Fsp3) is 0.263. The lowest BCUT2D eigenvalue weighted by molar-refractivity contribution is -0.0544. The van der Waals surface area contributed by atoms with Crippen LogP contribution in [0.3, 0.4) is 0 Å². The van der Waals surface area contributed by atoms with Gasteiger partial charge in [0.15, 0.2) is 10.1 Å². The van der Waals surface area contributed by atoms with Crippen molar-refractivity contribution >= 4 is 39.1 Å². The van der Waals surface area contributed by atoms with E-state index in [0.717, 1.165) is 40.2 Å². The van der Waals surface area contributed by atoms with E-state index < -0.39 is 24.8 Å². The van der Waals surface area contributed by atoms with Crippen molar-refractivity contribution in [3.8, 4) is 17.2 Å². The van der Waals surface area contributed by atoms with Crippen molar-refractivity contribution in [1.82, 2.24) is 4.98 Å². The molecule has 0 bridgehead atoms. The third-order valence-corrected chi connectivity index (χ3v) is 5.83. The molecule has 0 unspecified atom stereocenters. The van der Waals surface area contributed by atoms with E-state index in [1.54, 1.807) is 12.1 Å². The van der Waals surface area contributed by atoms with Crippen molar-refractivity contribution in [2.75, 3.05) is 12.4 Å². The highest BCUT2D eigenvalue weighted by atomic mass is 32.2. The summed E-state index contributed by atoms with van der Waals surface area (Å²) in [5.74, 6) is -0.831. The second kappa shape index (κ2) is 9.98. The summed E-state index contributed by atoms with van der Waals surface area (Å²) in [6, 6.07) is 8.49. The van der Waals surface area contributed by atoms with E-state index in [2.05, 4.69) is 14.5 Å². The summed E-state index contributed by atoms with van der Waals surface area (Å²) in [5, 5.41) is 0. The van der Waals surface area contributed by atoms with Crippen LogP contribution in [0.4, 0.5) is 17.6 Å². The Balaban J connectivity index is 1.74. The smallest absolute Gasteiger partial charge is 0.387 e. The number of rotatable bonds is 10. The minimum absolute atomic E-state index is 0.104. The first-order chi connectivity index (χ1) is 14.4. The van der Waals surface area contributed by atoms with Crippen molar-refractivity contribution in [2.24, 2.45) is 0 Å². The van der Waals surface area contributed by atoms with Crippen LogP contribution in [-0.4, -0.2) is 36.3 Å². The number of hydrogen-bond acceptors (Lipinski definition) is 7. The predicted molar refractivity (Wildman–Crippen MR) is 106 cm³/mol. The molecule has 0 fully saturated rings. The van der Waals surface area contributed by atoms with Crippen LogP contribution in [-0.2, 0) is 0 Å². The number of fused-ring (bicyclic) bond motifs is 1. The molecule has 3 rings (SSSR count). The Bertz CT molecular complexity index is 1030. The van der Waals surface area contributed by atoms with Crippen LogP contribution >= 0.6 is 23.1 Å². The van der Waals surface area contributed by atoms with Crippen LogP contribution in [0.2, 0.25) is 0 Å². The lowest BCUT2D eigenvalue weighted by Crippen LogP contribution is -2.10. The zero-order valence-corrected chi connectivity index (χ0v) is 17.1. The van der Waals surface area contributed by atoms with Crippen molar-refractivity contribution in [1.29, 1.82) is 0 Å². The summed E-state index contributed by atoms with van der Waals surface area (Å²) >= 11 is 2.50. The molecule has 0 amide bonds. The second-order valence-corrected chi connectivity index (χ2v) is 7.92. The molecule has 0 radical (unpaired) electrons. The number of carbonyl (C=O) groups excluding carboxylic acids is 1. The zero-order chi connectivity index (χ0) is 21.7. The number of aromatic nitrogens is 1. The molecule has 1 heterocycles. The topological polar surface area (TPSA) is 57.7 Å². The Morgan fingerprint density at radius 1 is 1.07 bits per heavy atom. The maximum atomic E-state index is 12.7. The van der Waals surface area contributed by atoms with Gasteiger partial charge in [0.1, 0.15) is 17.2 Å². The molecule has 5 nitrogen and oxygen atoms in total. The molecule has 0 aliphatic heterocycles. The quantitative estimate of drug-likeness (QED) is 0.214. The SMILES string of the molecule is CCOc1ccc2nc(SCC(=O)c3ccc(OC(F)F)cc3OC(F)F)sc2c1. The first-order valence-corrected chi connectivity index (χ1v) is 10.4. The monoisotopic (exact) mass is 461 g/mol. The predicted octanol–water partition coefficient (Wildman–Crippen LogP) is 5.87. The number of carbonyl (C=O) groups is 1. The Hall–Kier alpha value is -2.53. The largest absolute Gasteiger partial charge is 0.494 e. The second-order valence-electron chi connectivity index (χ2n) is 5.67. The van der Waals surface area contributed by atoms with Crippen molar-refractivity contribution < 1.29 is 36.6 Å². The molecule has 0 saturated carbocycles. The average Bonchev–Trinajstić information content (AvgIpc) is 3.08. The molecule has 0 spiro atoms. The Morgan fingerprint density at radius 2 is 1.80 bits per heavy atom. The van der Waals surface area contributed by atoms with Gasteiger partial charge in [-0.15, -0.1) is 11.3 Å². The molecule has 0 saturated heterocycles. The van der Waals surface area contributed by atoms with Crippen LogP contribution in [0.1, 0.15) is 17.3 Å². The first-order valence-electron chi connectivity index (χ1n) is 8.58. The summed E-state index contributed by atoms with van der Waals surface area (Å²) in [4.78, 5) is 16.9. The molecule has 0 atom stereocenters. The van der Waals surface area contributed by atoms with Crippen molar-refractivity contribution in [3.63, 3.8) is 0 Å². The molecule has 2 aromatic carbocycles. The number of Topliss-reactive ketones (excluding diaryl/α,β-unsaturated/α-hetero) is 1. The lowest BCUT2D eigenvalue weighted by Gasteiger charge is -2.12. The summed E-state index contributed by atoms with van der Waals surface area (Å²) in [6.07, 6.45) is 0. The van der Waals surface area contributed by atoms with Gasteiger partial charge in [-0.25, -0.2) is 4.98 Å². The van der Waals surface area contributed by atoms with Crippen LogP contribution in [0.15, 0.2) is 40.7 Å². The van der Waals surface area contributed by atoms with Gasteiger partial charge in [0.2, 0.25) is 0 Å². The molecule has 3 aromatic rings. The minimum atomic E-state index is -3.23. The van der Waals surface area contributed by atoms with E-state index in [4.69, 9.17) is 4.74 Å². The number of alkyl halides is 4. The van der Waals surface area contributed by atoms with Gasteiger partial charge in [0, 0.05) is 6.07 Å². The molecule has 1 aromatic heterocycles. The van der Waals surface area contributed by atoms with E-state index >= 15 is 0 Å². The summed E-state index contributed by atoms with van der Waals surface area (Å²) in [5.41, 5.74) is 0.581. The maximum absolute atomic E-state index is 12.7. The molecule has 11 heteroatoms. The van der Waals surface area contributed by atoms with E-state index in [0.29, 0.717) is 16.7 Å². The highest BCUT2D eigenvalue weighted by Gasteiger charge is 2.19. The number of nitrogens with zero attached hydrogens (tertiary/aromatic N) is 1. The Kier molecular flexibility index (Phi) is 7.38. The van der Waals surface area contributed by atoms with Gasteiger partial charge in [-0.05, 0) is 37.3 Å². The van der Waals surface area contributed by atoms with Crippen LogP contribution in [0, 0.1) is 0 Å². The third kappa shape index (κ3) is 5.76. The molecule has 0 aliphatic rings. The first kappa shape index (κ1) is 22.2. The number of thioether (sulfide) groups is 1. The van der Waals surface area contributed by atoms with E-state index in [1.807, 2.05) is 13.0 Å². The number of hydrogen-bond donors (Lipinski definition) is 0. The normalized spacial score (nSPS) is 11.3. The standard InChI is InChI=1S/C19H15F4NO4S2/c1-2-26-10-4-6-13-16(8-10)30-19(24-13)29-9-14(25)12-5-3-11(27-17(20)21)7-15(12)28-18(22)23/h3-8,17-18H,2,9H2,1H3. The summed E-state index contributed by atoms with van der Waals surface area (Å²) in [6.45, 7) is -3.95. The van der Waals surface area contributed by atoms with Gasteiger partial charge < -0.3 is 14.2 Å². The van der Waals surface area contributed by atoms with E-state index in [9.17, 15) is 22.4 Å². The van der Waals surface area contributed by atoms with Crippen molar-refractivity contribution in [3.05, 3.63) is 42.0 Å². The molecule has 30 heavy (non-hydrogen) atoms. The van der Waals surface area contributed by atoms with E-state index in [1.165, 1.54) is 11.3 Å². The van der Waals surface area contributed by atoms with Gasteiger partial charge in [0.25, 0.3) is 0 Å². The number of halogens is 4. The van der Waals surface area contributed by atoms with Gasteiger partial charge in [-0.1, -0.05) is 11.8 Å². The molecule has 0 aliphatic carbocycles. The van der Waals surface area contributed by atoms with Gasteiger partial charge >= 0.3 is 13.2 Å². The van der Waals surface area contributed by atoms with Gasteiger partial charge in [-0.3, -0.25) is 4.79 Å². The van der Waals surface area contributed by atoms with Crippen molar-refractivity contribution in [2.45, 2.75) is 24.5 Å². The fourth-order valence-electron chi connectivity index (χ4n) is 2.51. The Labute approximate surface area is 177 Å². The summed E-state index contributed by atoms with van der Waals surface area (Å²) < 4.78 is 65.4. The van der Waals surface area contributed by atoms with Gasteiger partial charge in [-0.2, -0.15) is 17.6 Å². The summed E-state index contributed by atoms with van der Waals surface area (Å²) in [7, 11) is 0. The number of ketones is 1. The average molecular weight is 461 g/mol. The van der Waals surface area contributed by atoms with Crippen LogP contribution in [0.25, 0.3) is 10.2 Å². The lowest BCUT2D eigenvalue weighted by atomic mass is 10.1. The Morgan fingerprint density at radius 3 is 2.50 bits per heavy atom. The minimum Gasteiger partial charge on any atom is -0.494 e. The number of ether oxygens (including phenoxy) is 3. The number of benzene rings is 2. The zero-order valence-electron chi connectivity index (χ0n) is 15.4. The van der Waals surface area contributed by atoms with Crippen LogP contribution < -0.4 is 14.2 Å². The maximum Gasteiger partial charge on any atom is 0.387 e.